The van der Waals surface area contributed by atoms with Crippen LogP contribution < -0.4 is 0 Å². The van der Waals surface area contributed by atoms with Crippen molar-refractivity contribution in [3.8, 4) is 5.69 Å². The molecule has 1 aromatic carbocycles. The van der Waals surface area contributed by atoms with E-state index >= 15 is 0 Å². The van der Waals surface area contributed by atoms with Crippen molar-refractivity contribution >= 4 is 11.9 Å². The minimum Gasteiger partial charge on any atom is -0.480 e. The maximum Gasteiger partial charge on any atom is 0.326 e. The van der Waals surface area contributed by atoms with E-state index in [-0.39, 0.29) is 17.4 Å². The first-order valence-electron chi connectivity index (χ1n) is 7.83. The fourth-order valence-corrected chi connectivity index (χ4v) is 3.03. The number of carbonyl (C=O) groups excluding carboxylic acids is 1. The molecule has 0 radical (unpaired) electrons. The summed E-state index contributed by atoms with van der Waals surface area (Å²) in [7, 11) is 0. The van der Waals surface area contributed by atoms with Gasteiger partial charge in [-0.25, -0.2) is 13.9 Å². The van der Waals surface area contributed by atoms with Gasteiger partial charge in [-0.15, -0.1) is 0 Å². The molecular weight excluding hydrogens is 313 g/mol. The average Bonchev–Trinajstić information content (AvgIpc) is 3.03. The van der Waals surface area contributed by atoms with Gasteiger partial charge in [0, 0.05) is 12.7 Å². The topological polar surface area (TPSA) is 75.4 Å². The van der Waals surface area contributed by atoms with E-state index in [4.69, 9.17) is 0 Å². The van der Waals surface area contributed by atoms with Gasteiger partial charge in [0.05, 0.1) is 5.69 Å². The SMILES string of the molecule is Cc1cc(F)ccc1-n1ccc(C(=O)N2CCCCC2C(=O)O)n1. The van der Waals surface area contributed by atoms with Gasteiger partial charge in [0.15, 0.2) is 5.69 Å². The summed E-state index contributed by atoms with van der Waals surface area (Å²) in [6.45, 7) is 2.17. The number of benzene rings is 1. The molecule has 1 amide bonds. The third-order valence-corrected chi connectivity index (χ3v) is 4.26. The molecule has 1 unspecified atom stereocenters. The number of amides is 1. The Morgan fingerprint density at radius 1 is 1.29 bits per heavy atom. The highest BCUT2D eigenvalue weighted by Gasteiger charge is 2.33. The summed E-state index contributed by atoms with van der Waals surface area (Å²) in [5.74, 6) is -1.71. The van der Waals surface area contributed by atoms with E-state index in [9.17, 15) is 19.1 Å². The Bertz CT molecular complexity index is 787. The third kappa shape index (κ3) is 3.02. The quantitative estimate of drug-likeness (QED) is 0.937. The molecule has 1 aliphatic rings. The minimum atomic E-state index is -0.989. The zero-order valence-electron chi connectivity index (χ0n) is 13.3. The van der Waals surface area contributed by atoms with E-state index in [0.717, 1.165) is 12.8 Å². The number of likely N-dealkylation sites (tertiary alicyclic amines) is 1. The number of rotatable bonds is 3. The van der Waals surface area contributed by atoms with Crippen LogP contribution in [0.2, 0.25) is 0 Å². The molecule has 1 fully saturated rings. The van der Waals surface area contributed by atoms with Gasteiger partial charge in [-0.3, -0.25) is 4.79 Å². The number of carboxylic acids is 1. The number of aromatic nitrogens is 2. The van der Waals surface area contributed by atoms with E-state index in [2.05, 4.69) is 5.10 Å². The number of piperidine rings is 1. The number of hydrogen-bond donors (Lipinski definition) is 1. The van der Waals surface area contributed by atoms with Crippen LogP contribution in [0.15, 0.2) is 30.5 Å². The summed E-state index contributed by atoms with van der Waals surface area (Å²) < 4.78 is 14.7. The Kier molecular flexibility index (Phi) is 4.33. The van der Waals surface area contributed by atoms with Crippen LogP contribution in [0.4, 0.5) is 4.39 Å². The lowest BCUT2D eigenvalue weighted by atomic mass is 10.0. The van der Waals surface area contributed by atoms with Crippen molar-refractivity contribution in [2.45, 2.75) is 32.2 Å². The van der Waals surface area contributed by atoms with Crippen molar-refractivity contribution in [2.24, 2.45) is 0 Å². The van der Waals surface area contributed by atoms with Crippen molar-refractivity contribution in [3.63, 3.8) is 0 Å². The molecule has 7 heteroatoms. The van der Waals surface area contributed by atoms with Crippen LogP contribution in [-0.4, -0.2) is 44.3 Å². The highest BCUT2D eigenvalue weighted by atomic mass is 19.1. The molecule has 1 saturated heterocycles. The molecule has 1 aliphatic heterocycles. The molecule has 6 nitrogen and oxygen atoms in total. The molecule has 1 aromatic heterocycles. The van der Waals surface area contributed by atoms with Crippen LogP contribution in [0.1, 0.15) is 35.3 Å². The van der Waals surface area contributed by atoms with Gasteiger partial charge in [-0.05, 0) is 56.0 Å². The molecule has 24 heavy (non-hydrogen) atoms. The minimum absolute atomic E-state index is 0.187. The number of carbonyl (C=O) groups is 2. The van der Waals surface area contributed by atoms with Gasteiger partial charge in [0.2, 0.25) is 0 Å². The molecular formula is C17H18FN3O3. The Morgan fingerprint density at radius 2 is 2.08 bits per heavy atom. The van der Waals surface area contributed by atoms with E-state index in [1.54, 1.807) is 25.3 Å². The van der Waals surface area contributed by atoms with Crippen LogP contribution in [0, 0.1) is 12.7 Å². The maximum absolute atomic E-state index is 13.2. The Balaban J connectivity index is 1.87. The van der Waals surface area contributed by atoms with Crippen LogP contribution in [0.3, 0.4) is 0 Å². The number of aliphatic carboxylic acids is 1. The van der Waals surface area contributed by atoms with Gasteiger partial charge in [0.25, 0.3) is 5.91 Å². The molecule has 2 heterocycles. The van der Waals surface area contributed by atoms with Crippen LogP contribution in [0.25, 0.3) is 5.69 Å². The zero-order chi connectivity index (χ0) is 17.3. The summed E-state index contributed by atoms with van der Waals surface area (Å²) in [5, 5.41) is 13.5. The third-order valence-electron chi connectivity index (χ3n) is 4.26. The van der Waals surface area contributed by atoms with E-state index < -0.39 is 12.0 Å². The van der Waals surface area contributed by atoms with Gasteiger partial charge in [0.1, 0.15) is 11.9 Å². The lowest BCUT2D eigenvalue weighted by molar-refractivity contribution is -0.143. The van der Waals surface area contributed by atoms with Gasteiger partial charge in [-0.1, -0.05) is 0 Å². The average molecular weight is 331 g/mol. The van der Waals surface area contributed by atoms with Crippen molar-refractivity contribution in [1.29, 1.82) is 0 Å². The highest BCUT2D eigenvalue weighted by molar-refractivity contribution is 5.95. The van der Waals surface area contributed by atoms with Gasteiger partial charge < -0.3 is 10.0 Å². The molecule has 2 aromatic rings. The van der Waals surface area contributed by atoms with Crippen LogP contribution in [-0.2, 0) is 4.79 Å². The first-order valence-corrected chi connectivity index (χ1v) is 7.83. The van der Waals surface area contributed by atoms with Crippen LogP contribution in [0.5, 0.6) is 0 Å². The second-order valence-electron chi connectivity index (χ2n) is 5.92. The predicted octanol–water partition coefficient (Wildman–Crippen LogP) is 2.40. The normalized spacial score (nSPS) is 17.8. The lowest BCUT2D eigenvalue weighted by Crippen LogP contribution is -2.48. The standard InChI is InChI=1S/C17H18FN3O3/c1-11-10-12(18)5-6-14(11)21-9-7-13(19-21)16(22)20-8-3-2-4-15(20)17(23)24/h5-7,9-10,15H,2-4,8H2,1H3,(H,23,24). The second kappa shape index (κ2) is 6.43. The van der Waals surface area contributed by atoms with E-state index in [1.165, 1.54) is 21.7 Å². The van der Waals surface area contributed by atoms with Crippen LogP contribution >= 0.6 is 0 Å². The maximum atomic E-state index is 13.2. The van der Waals surface area contributed by atoms with E-state index in [1.807, 2.05) is 0 Å². The summed E-state index contributed by atoms with van der Waals surface area (Å²) in [6.07, 6.45) is 3.66. The van der Waals surface area contributed by atoms with Crippen molar-refractivity contribution in [2.75, 3.05) is 6.54 Å². The molecule has 3 rings (SSSR count). The molecule has 0 spiro atoms. The molecule has 0 aliphatic carbocycles. The van der Waals surface area contributed by atoms with Crippen molar-refractivity contribution in [1.82, 2.24) is 14.7 Å². The summed E-state index contributed by atoms with van der Waals surface area (Å²) in [4.78, 5) is 25.3. The first-order chi connectivity index (χ1) is 11.5. The number of halogens is 1. The Labute approximate surface area is 138 Å². The monoisotopic (exact) mass is 331 g/mol. The molecule has 1 N–H and O–H groups in total. The smallest absolute Gasteiger partial charge is 0.326 e. The number of hydrogen-bond acceptors (Lipinski definition) is 3. The fourth-order valence-electron chi connectivity index (χ4n) is 3.03. The van der Waals surface area contributed by atoms with Gasteiger partial charge in [-0.2, -0.15) is 5.10 Å². The molecule has 1 atom stereocenters. The van der Waals surface area contributed by atoms with Crippen molar-refractivity contribution in [3.05, 3.63) is 47.5 Å². The van der Waals surface area contributed by atoms with Gasteiger partial charge >= 0.3 is 5.97 Å². The molecule has 126 valence electrons. The molecule has 0 bridgehead atoms. The number of nitrogens with zero attached hydrogens (tertiary/aromatic N) is 3. The number of carboxylic acid groups (broad SMARTS) is 1. The summed E-state index contributed by atoms with van der Waals surface area (Å²) in [6, 6.07) is 5.06. The fraction of sp³-hybridized carbons (Fsp3) is 0.353. The van der Waals surface area contributed by atoms with E-state index in [0.29, 0.717) is 24.2 Å². The van der Waals surface area contributed by atoms with Crippen molar-refractivity contribution < 1.29 is 19.1 Å². The second-order valence-corrected chi connectivity index (χ2v) is 5.92. The first kappa shape index (κ1) is 16.2. The zero-order valence-corrected chi connectivity index (χ0v) is 13.3. The Morgan fingerprint density at radius 3 is 2.79 bits per heavy atom. The highest BCUT2D eigenvalue weighted by Crippen LogP contribution is 2.20. The largest absolute Gasteiger partial charge is 0.480 e. The lowest BCUT2D eigenvalue weighted by Gasteiger charge is -2.32. The Hall–Kier alpha value is -2.70. The summed E-state index contributed by atoms with van der Waals surface area (Å²) in [5.41, 5.74) is 1.55. The summed E-state index contributed by atoms with van der Waals surface area (Å²) >= 11 is 0. The number of aryl methyl sites for hydroxylation is 1. The molecule has 0 saturated carbocycles. The predicted molar refractivity (Wildman–Crippen MR) is 84.6 cm³/mol.